The molecule has 0 aliphatic heterocycles. The molecule has 30 heavy (non-hydrogen) atoms. The maximum Gasteiger partial charge on any atom is 0.509 e. The molecule has 0 amide bonds. The first kappa shape index (κ1) is 23.3. The molecule has 0 aromatic heterocycles. The zero-order valence-electron chi connectivity index (χ0n) is 17.6. The Morgan fingerprint density at radius 2 is 1.03 bits per heavy atom. The number of rotatable bonds is 11. The minimum Gasteiger partial charge on any atom is -0.434 e. The van der Waals surface area contributed by atoms with Crippen LogP contribution in [0.25, 0.3) is 0 Å². The third-order valence-electron chi connectivity index (χ3n) is 4.41. The van der Waals surface area contributed by atoms with Crippen LogP contribution in [0.3, 0.4) is 0 Å². The van der Waals surface area contributed by atoms with E-state index in [0.29, 0.717) is 11.1 Å². The lowest BCUT2D eigenvalue weighted by molar-refractivity contribution is -0.0595. The van der Waals surface area contributed by atoms with Gasteiger partial charge in [-0.3, -0.25) is 0 Å². The Balaban J connectivity index is 2.27. The molecule has 0 saturated heterocycles. The van der Waals surface area contributed by atoms with E-state index < -0.39 is 24.5 Å². The van der Waals surface area contributed by atoms with Crippen molar-refractivity contribution in [2.75, 3.05) is 13.2 Å². The lowest BCUT2D eigenvalue weighted by Gasteiger charge is -2.27. The number of carbonyl (C=O) groups excluding carboxylic acids is 2. The van der Waals surface area contributed by atoms with Crippen LogP contribution >= 0.6 is 0 Å². The van der Waals surface area contributed by atoms with E-state index in [1.807, 2.05) is 74.5 Å². The maximum atomic E-state index is 12.3. The molecule has 2 aromatic carbocycles. The van der Waals surface area contributed by atoms with Crippen LogP contribution in [0.1, 0.15) is 62.9 Å². The molecule has 2 unspecified atom stereocenters. The van der Waals surface area contributed by atoms with Gasteiger partial charge in [0.25, 0.3) is 0 Å². The van der Waals surface area contributed by atoms with Crippen LogP contribution in [0.4, 0.5) is 9.59 Å². The molecule has 0 bridgehead atoms. The number of hydrogen-bond acceptors (Lipinski definition) is 6. The van der Waals surface area contributed by atoms with E-state index in [0.717, 1.165) is 25.7 Å². The third-order valence-corrected chi connectivity index (χ3v) is 4.41. The topological polar surface area (TPSA) is 71.1 Å². The molecule has 0 aliphatic carbocycles. The molecule has 0 heterocycles. The second kappa shape index (κ2) is 13.2. The van der Waals surface area contributed by atoms with E-state index in [4.69, 9.17) is 18.9 Å². The lowest BCUT2D eigenvalue weighted by atomic mass is 9.98. The van der Waals surface area contributed by atoms with Gasteiger partial charge in [-0.2, -0.15) is 0 Å². The van der Waals surface area contributed by atoms with Crippen LogP contribution in [0, 0.1) is 0 Å². The second-order valence-corrected chi connectivity index (χ2v) is 6.80. The van der Waals surface area contributed by atoms with Crippen molar-refractivity contribution in [2.45, 2.75) is 51.7 Å². The summed E-state index contributed by atoms with van der Waals surface area (Å²) < 4.78 is 21.6. The molecule has 2 atom stereocenters. The molecular weight excluding hydrogens is 384 g/mol. The standard InChI is InChI=1S/C24H30O6/c1-3-5-17-27-23(25)29-21(19-13-9-7-10-14-19)22(20-15-11-8-12-16-20)30-24(26)28-18-6-4-2/h7-16,21-22H,3-6,17-18H2,1-2H3. The van der Waals surface area contributed by atoms with Gasteiger partial charge in [0, 0.05) is 0 Å². The second-order valence-electron chi connectivity index (χ2n) is 6.80. The molecule has 6 heteroatoms. The largest absolute Gasteiger partial charge is 0.509 e. The molecule has 0 saturated carbocycles. The van der Waals surface area contributed by atoms with Gasteiger partial charge in [0.05, 0.1) is 13.2 Å². The van der Waals surface area contributed by atoms with Crippen LogP contribution in [0.2, 0.25) is 0 Å². The third kappa shape index (κ3) is 7.78. The summed E-state index contributed by atoms with van der Waals surface area (Å²) in [6.07, 6.45) is -0.102. The number of benzene rings is 2. The average molecular weight is 414 g/mol. The fourth-order valence-electron chi connectivity index (χ4n) is 2.77. The fraction of sp³-hybridized carbons (Fsp3) is 0.417. The number of ether oxygens (including phenoxy) is 4. The summed E-state index contributed by atoms with van der Waals surface area (Å²) in [6, 6.07) is 18.3. The molecule has 162 valence electrons. The summed E-state index contributed by atoms with van der Waals surface area (Å²) in [5, 5.41) is 0. The first-order valence-corrected chi connectivity index (χ1v) is 10.4. The van der Waals surface area contributed by atoms with E-state index in [-0.39, 0.29) is 13.2 Å². The zero-order valence-corrected chi connectivity index (χ0v) is 17.6. The highest BCUT2D eigenvalue weighted by Gasteiger charge is 2.33. The predicted octanol–water partition coefficient (Wildman–Crippen LogP) is 6.38. The maximum absolute atomic E-state index is 12.3. The molecule has 2 rings (SSSR count). The molecule has 0 N–H and O–H groups in total. The Hall–Kier alpha value is -3.02. The normalized spacial score (nSPS) is 12.5. The molecule has 0 radical (unpaired) electrons. The minimum atomic E-state index is -0.888. The van der Waals surface area contributed by atoms with Crippen molar-refractivity contribution in [2.24, 2.45) is 0 Å². The van der Waals surface area contributed by atoms with Crippen molar-refractivity contribution >= 4 is 12.3 Å². The van der Waals surface area contributed by atoms with E-state index >= 15 is 0 Å². The summed E-state index contributed by atoms with van der Waals surface area (Å²) >= 11 is 0. The predicted molar refractivity (Wildman–Crippen MR) is 113 cm³/mol. The van der Waals surface area contributed by atoms with Gasteiger partial charge in [-0.15, -0.1) is 0 Å². The Labute approximate surface area is 178 Å². The van der Waals surface area contributed by atoms with Crippen molar-refractivity contribution in [1.29, 1.82) is 0 Å². The smallest absolute Gasteiger partial charge is 0.434 e. The van der Waals surface area contributed by atoms with Gasteiger partial charge in [-0.05, 0) is 24.0 Å². The van der Waals surface area contributed by atoms with Crippen molar-refractivity contribution < 1.29 is 28.5 Å². The summed E-state index contributed by atoms with van der Waals surface area (Å²) in [5.74, 6) is 0. The summed E-state index contributed by atoms with van der Waals surface area (Å²) in [4.78, 5) is 24.6. The van der Waals surface area contributed by atoms with E-state index in [2.05, 4.69) is 0 Å². The minimum absolute atomic E-state index is 0.271. The van der Waals surface area contributed by atoms with Crippen molar-refractivity contribution in [1.82, 2.24) is 0 Å². The molecule has 6 nitrogen and oxygen atoms in total. The SMILES string of the molecule is CCCCOC(=O)OC(c1ccccc1)C(OC(=O)OCCCC)c1ccccc1. The highest BCUT2D eigenvalue weighted by atomic mass is 16.8. The van der Waals surface area contributed by atoms with Gasteiger partial charge < -0.3 is 18.9 Å². The molecular formula is C24H30O6. The first-order chi connectivity index (χ1) is 14.7. The molecule has 0 aliphatic rings. The average Bonchev–Trinajstić information content (AvgIpc) is 2.78. The van der Waals surface area contributed by atoms with Crippen molar-refractivity contribution in [3.8, 4) is 0 Å². The lowest BCUT2D eigenvalue weighted by Crippen LogP contribution is -2.24. The van der Waals surface area contributed by atoms with Crippen LogP contribution in [0.5, 0.6) is 0 Å². The van der Waals surface area contributed by atoms with Crippen molar-refractivity contribution in [3.63, 3.8) is 0 Å². The first-order valence-electron chi connectivity index (χ1n) is 10.4. The zero-order chi connectivity index (χ0) is 21.6. The fourth-order valence-corrected chi connectivity index (χ4v) is 2.77. The Bertz CT molecular complexity index is 681. The van der Waals surface area contributed by atoms with Crippen molar-refractivity contribution in [3.05, 3.63) is 71.8 Å². The quantitative estimate of drug-likeness (QED) is 0.314. The van der Waals surface area contributed by atoms with Gasteiger partial charge in [-0.25, -0.2) is 9.59 Å². The Morgan fingerprint density at radius 3 is 1.37 bits per heavy atom. The Morgan fingerprint density at radius 1 is 0.667 bits per heavy atom. The molecule has 0 spiro atoms. The van der Waals surface area contributed by atoms with Crippen LogP contribution in [0.15, 0.2) is 60.7 Å². The number of hydrogen-bond donors (Lipinski definition) is 0. The van der Waals surface area contributed by atoms with E-state index in [1.165, 1.54) is 0 Å². The number of carbonyl (C=O) groups is 2. The Kier molecular flexibility index (Phi) is 10.3. The van der Waals surface area contributed by atoms with Gasteiger partial charge in [-0.1, -0.05) is 87.4 Å². The summed E-state index contributed by atoms with van der Waals surface area (Å²) in [7, 11) is 0. The van der Waals surface area contributed by atoms with Crippen LogP contribution < -0.4 is 0 Å². The van der Waals surface area contributed by atoms with Crippen LogP contribution in [-0.4, -0.2) is 25.5 Å². The summed E-state index contributed by atoms with van der Waals surface area (Å²) in [6.45, 7) is 4.55. The molecule has 0 fully saturated rings. The van der Waals surface area contributed by atoms with Crippen LogP contribution in [-0.2, 0) is 18.9 Å². The van der Waals surface area contributed by atoms with Gasteiger partial charge in [0.2, 0.25) is 0 Å². The van der Waals surface area contributed by atoms with Gasteiger partial charge in [0.15, 0.2) is 12.2 Å². The van der Waals surface area contributed by atoms with E-state index in [9.17, 15) is 9.59 Å². The number of unbranched alkanes of at least 4 members (excludes halogenated alkanes) is 2. The highest BCUT2D eigenvalue weighted by molar-refractivity contribution is 5.62. The van der Waals surface area contributed by atoms with Gasteiger partial charge >= 0.3 is 12.3 Å². The van der Waals surface area contributed by atoms with E-state index in [1.54, 1.807) is 0 Å². The van der Waals surface area contributed by atoms with Gasteiger partial charge in [0.1, 0.15) is 0 Å². The summed E-state index contributed by atoms with van der Waals surface area (Å²) in [5.41, 5.74) is 1.36. The monoisotopic (exact) mass is 414 g/mol. The molecule has 2 aromatic rings. The highest BCUT2D eigenvalue weighted by Crippen LogP contribution is 2.36.